The lowest BCUT2D eigenvalue weighted by Crippen LogP contribution is -2.36. The number of hydrogen-bond acceptors (Lipinski definition) is 3. The van der Waals surface area contributed by atoms with Gasteiger partial charge in [0.1, 0.15) is 0 Å². The molecule has 1 aliphatic heterocycles. The van der Waals surface area contributed by atoms with Crippen molar-refractivity contribution in [3.8, 4) is 0 Å². The first-order valence-electron chi connectivity index (χ1n) is 8.75. The predicted molar refractivity (Wildman–Crippen MR) is 111 cm³/mol. The molecule has 0 radical (unpaired) electrons. The highest BCUT2D eigenvalue weighted by Gasteiger charge is 2.35. The van der Waals surface area contributed by atoms with Gasteiger partial charge in [-0.3, -0.25) is 4.79 Å². The van der Waals surface area contributed by atoms with E-state index in [1.54, 1.807) is 6.07 Å². The number of anilines is 1. The number of benzene rings is 2. The summed E-state index contributed by atoms with van der Waals surface area (Å²) >= 11 is 6.32. The van der Waals surface area contributed by atoms with Crippen LogP contribution in [0.2, 0.25) is 0 Å². The number of nitrogens with one attached hydrogen (secondary N) is 3. The summed E-state index contributed by atoms with van der Waals surface area (Å²) in [5.74, 6) is -0.273. The van der Waals surface area contributed by atoms with Crippen LogP contribution in [-0.4, -0.2) is 30.2 Å². The predicted octanol–water partition coefficient (Wildman–Crippen LogP) is 4.37. The molecular weight excluding hydrogens is 535 g/mol. The van der Waals surface area contributed by atoms with Gasteiger partial charge in [0, 0.05) is 21.1 Å². The van der Waals surface area contributed by atoms with Gasteiger partial charge >= 0.3 is 12.2 Å². The molecule has 0 fully saturated rings. The van der Waals surface area contributed by atoms with Gasteiger partial charge in [-0.15, -0.1) is 0 Å². The number of halogens is 5. The Hall–Kier alpha value is -2.11. The van der Waals surface area contributed by atoms with Gasteiger partial charge in [-0.25, -0.2) is 4.79 Å². The third-order valence-corrected chi connectivity index (χ3v) is 5.70. The molecule has 1 heterocycles. The average molecular weight is 551 g/mol. The van der Waals surface area contributed by atoms with Gasteiger partial charge in [-0.1, -0.05) is 22.0 Å². The summed E-state index contributed by atoms with van der Waals surface area (Å²) in [5.41, 5.74) is 0.252. The molecule has 0 saturated carbocycles. The van der Waals surface area contributed by atoms with Gasteiger partial charge in [-0.05, 0) is 57.7 Å². The normalized spacial score (nSPS) is 14.5. The molecule has 1 unspecified atom stereocenters. The molecule has 3 rings (SSSR count). The lowest BCUT2D eigenvalue weighted by atomic mass is 9.99. The van der Waals surface area contributed by atoms with E-state index in [1.165, 1.54) is 18.2 Å². The molecule has 30 heavy (non-hydrogen) atoms. The second-order valence-corrected chi connectivity index (χ2v) is 8.33. The number of carbonyl (C=O) groups is 2. The molecular formula is C19H16Br2F3N3O3. The molecule has 0 aromatic heterocycles. The second-order valence-electron chi connectivity index (χ2n) is 6.56. The van der Waals surface area contributed by atoms with Crippen LogP contribution in [0.15, 0.2) is 39.3 Å². The van der Waals surface area contributed by atoms with Crippen LogP contribution < -0.4 is 16.0 Å². The third-order valence-electron chi connectivity index (χ3n) is 4.55. The maximum Gasteiger partial charge on any atom is 0.416 e. The highest BCUT2D eigenvalue weighted by Crippen LogP contribution is 2.36. The number of urea groups is 1. The van der Waals surface area contributed by atoms with E-state index in [1.807, 2.05) is 0 Å². The summed E-state index contributed by atoms with van der Waals surface area (Å²) in [4.78, 5) is 24.4. The van der Waals surface area contributed by atoms with Crippen molar-refractivity contribution in [3.05, 3.63) is 61.5 Å². The molecule has 0 bridgehead atoms. The monoisotopic (exact) mass is 549 g/mol. The zero-order chi connectivity index (χ0) is 22.1. The molecule has 3 amide bonds. The fraction of sp³-hybridized carbons (Fsp3) is 0.263. The van der Waals surface area contributed by atoms with E-state index < -0.39 is 30.4 Å². The number of rotatable bonds is 4. The van der Waals surface area contributed by atoms with Crippen LogP contribution in [0.25, 0.3) is 0 Å². The SMILES string of the molecule is O=C(Nc1cc2c(cc1Br)CCNC2=O)NC(CO)c1ccc(Br)cc1C(F)(F)F. The fourth-order valence-corrected chi connectivity index (χ4v) is 4.00. The molecule has 1 aliphatic rings. The van der Waals surface area contributed by atoms with Gasteiger partial charge in [-0.2, -0.15) is 13.2 Å². The Balaban J connectivity index is 1.82. The minimum atomic E-state index is -4.67. The average Bonchev–Trinajstić information content (AvgIpc) is 2.67. The van der Waals surface area contributed by atoms with Crippen LogP contribution in [-0.2, 0) is 12.6 Å². The lowest BCUT2D eigenvalue weighted by molar-refractivity contribution is -0.138. The summed E-state index contributed by atoms with van der Waals surface area (Å²) in [7, 11) is 0. The van der Waals surface area contributed by atoms with Crippen LogP contribution in [0, 0.1) is 0 Å². The molecule has 0 saturated heterocycles. The number of hydrogen-bond donors (Lipinski definition) is 4. The standard InChI is InChI=1S/C19H16Br2F3N3O3/c20-10-1-2-11(13(6-10)19(22,23)24)16(8-28)27-18(30)26-15-7-12-9(5-14(15)21)3-4-25-17(12)29/h1-2,5-7,16,28H,3-4,8H2,(H,25,29)(H2,26,27,30). The third kappa shape index (κ3) is 4.96. The number of aliphatic hydroxyl groups is 1. The van der Waals surface area contributed by atoms with Crippen LogP contribution >= 0.6 is 31.9 Å². The van der Waals surface area contributed by atoms with Crippen molar-refractivity contribution in [2.75, 3.05) is 18.5 Å². The maximum absolute atomic E-state index is 13.4. The summed E-state index contributed by atoms with van der Waals surface area (Å²) in [6, 6.07) is 4.54. The molecule has 2 aromatic carbocycles. The number of aliphatic hydroxyl groups excluding tert-OH is 1. The zero-order valence-electron chi connectivity index (χ0n) is 15.2. The first kappa shape index (κ1) is 22.6. The van der Waals surface area contributed by atoms with Gasteiger partial charge in [0.05, 0.1) is 23.9 Å². The number of alkyl halides is 3. The Morgan fingerprint density at radius 2 is 1.97 bits per heavy atom. The van der Waals surface area contributed by atoms with Crippen LogP contribution in [0.4, 0.5) is 23.7 Å². The number of carbonyl (C=O) groups excluding carboxylic acids is 2. The van der Waals surface area contributed by atoms with Gasteiger partial charge in [0.15, 0.2) is 0 Å². The molecule has 6 nitrogen and oxygen atoms in total. The fourth-order valence-electron chi connectivity index (χ4n) is 3.15. The Labute approximate surface area is 186 Å². The van der Waals surface area contributed by atoms with E-state index in [0.29, 0.717) is 23.0 Å². The smallest absolute Gasteiger partial charge is 0.394 e. The van der Waals surface area contributed by atoms with E-state index in [2.05, 4.69) is 47.8 Å². The van der Waals surface area contributed by atoms with Crippen molar-refractivity contribution in [2.45, 2.75) is 18.6 Å². The van der Waals surface area contributed by atoms with Crippen molar-refractivity contribution in [2.24, 2.45) is 0 Å². The largest absolute Gasteiger partial charge is 0.416 e. The maximum atomic E-state index is 13.4. The Morgan fingerprint density at radius 1 is 1.23 bits per heavy atom. The Bertz CT molecular complexity index is 999. The lowest BCUT2D eigenvalue weighted by Gasteiger charge is -2.22. The number of fused-ring (bicyclic) bond motifs is 1. The second kappa shape index (κ2) is 8.94. The molecule has 1 atom stereocenters. The minimum absolute atomic E-state index is 0.219. The van der Waals surface area contributed by atoms with Crippen molar-refractivity contribution < 1.29 is 27.9 Å². The summed E-state index contributed by atoms with van der Waals surface area (Å²) in [5, 5.41) is 17.2. The van der Waals surface area contributed by atoms with Crippen molar-refractivity contribution in [1.82, 2.24) is 10.6 Å². The van der Waals surface area contributed by atoms with E-state index in [9.17, 15) is 27.9 Å². The molecule has 11 heteroatoms. The van der Waals surface area contributed by atoms with Crippen LogP contribution in [0.5, 0.6) is 0 Å². The summed E-state index contributed by atoms with van der Waals surface area (Å²) < 4.78 is 40.9. The van der Waals surface area contributed by atoms with Gasteiger partial charge < -0.3 is 21.1 Å². The number of amides is 3. The van der Waals surface area contributed by atoms with Gasteiger partial charge in [0.2, 0.25) is 0 Å². The summed E-state index contributed by atoms with van der Waals surface area (Å²) in [6.07, 6.45) is -4.03. The van der Waals surface area contributed by atoms with Crippen molar-refractivity contribution in [1.29, 1.82) is 0 Å². The zero-order valence-corrected chi connectivity index (χ0v) is 18.4. The molecule has 160 valence electrons. The van der Waals surface area contributed by atoms with Crippen molar-refractivity contribution in [3.63, 3.8) is 0 Å². The van der Waals surface area contributed by atoms with Crippen molar-refractivity contribution >= 4 is 49.5 Å². The summed E-state index contributed by atoms with van der Waals surface area (Å²) in [6.45, 7) is -0.232. The molecule has 0 spiro atoms. The van der Waals surface area contributed by atoms with Crippen LogP contribution in [0.1, 0.15) is 33.1 Å². The topological polar surface area (TPSA) is 90.5 Å². The van der Waals surface area contributed by atoms with E-state index in [4.69, 9.17) is 0 Å². The first-order valence-corrected chi connectivity index (χ1v) is 10.3. The molecule has 2 aromatic rings. The quantitative estimate of drug-likeness (QED) is 0.455. The Morgan fingerprint density at radius 3 is 2.63 bits per heavy atom. The molecule has 4 N–H and O–H groups in total. The highest BCUT2D eigenvalue weighted by atomic mass is 79.9. The molecule has 0 aliphatic carbocycles. The van der Waals surface area contributed by atoms with E-state index in [0.717, 1.165) is 11.6 Å². The first-order chi connectivity index (χ1) is 14.1. The van der Waals surface area contributed by atoms with Crippen LogP contribution in [0.3, 0.4) is 0 Å². The minimum Gasteiger partial charge on any atom is -0.394 e. The van der Waals surface area contributed by atoms with E-state index >= 15 is 0 Å². The van der Waals surface area contributed by atoms with E-state index in [-0.39, 0.29) is 21.6 Å². The Kier molecular flexibility index (Phi) is 6.73. The van der Waals surface area contributed by atoms with Gasteiger partial charge in [0.25, 0.3) is 5.91 Å². The highest BCUT2D eigenvalue weighted by molar-refractivity contribution is 9.10.